The second-order valence-corrected chi connectivity index (χ2v) is 4.98. The standard InChI is InChI=1S/C16H15FN2O2/c17-12-6-8-13(9-7-12)18-16(21)19-10-2-4-11-3-1-5-14(20)15(11)19/h1,3,5-9,20H,2,4,10H2,(H,18,21). The van der Waals surface area contributed by atoms with Crippen LogP contribution in [0.5, 0.6) is 5.75 Å². The van der Waals surface area contributed by atoms with Gasteiger partial charge < -0.3 is 10.4 Å². The van der Waals surface area contributed by atoms with E-state index in [1.54, 1.807) is 12.1 Å². The summed E-state index contributed by atoms with van der Waals surface area (Å²) in [6, 6.07) is 10.5. The molecule has 2 amide bonds. The third-order valence-electron chi connectivity index (χ3n) is 3.54. The smallest absolute Gasteiger partial charge is 0.326 e. The van der Waals surface area contributed by atoms with Gasteiger partial charge in [0.15, 0.2) is 0 Å². The van der Waals surface area contributed by atoms with Gasteiger partial charge in [0.1, 0.15) is 11.6 Å². The van der Waals surface area contributed by atoms with E-state index in [1.165, 1.54) is 29.2 Å². The van der Waals surface area contributed by atoms with Crippen LogP contribution in [0.4, 0.5) is 20.6 Å². The summed E-state index contributed by atoms with van der Waals surface area (Å²) in [4.78, 5) is 13.9. The number of carbonyl (C=O) groups is 1. The van der Waals surface area contributed by atoms with Crippen molar-refractivity contribution in [3.8, 4) is 5.75 Å². The summed E-state index contributed by atoms with van der Waals surface area (Å²) in [6.07, 6.45) is 1.68. The Morgan fingerprint density at radius 2 is 1.95 bits per heavy atom. The molecule has 4 nitrogen and oxygen atoms in total. The highest BCUT2D eigenvalue weighted by atomic mass is 19.1. The number of rotatable bonds is 1. The van der Waals surface area contributed by atoms with E-state index in [0.29, 0.717) is 17.9 Å². The molecule has 0 aliphatic carbocycles. The lowest BCUT2D eigenvalue weighted by atomic mass is 10.0. The second kappa shape index (κ2) is 5.44. The fourth-order valence-electron chi connectivity index (χ4n) is 2.56. The minimum atomic E-state index is -0.353. The molecule has 5 heteroatoms. The fourth-order valence-corrected chi connectivity index (χ4v) is 2.56. The van der Waals surface area contributed by atoms with Crippen LogP contribution in [-0.2, 0) is 6.42 Å². The van der Waals surface area contributed by atoms with Crippen LogP contribution in [-0.4, -0.2) is 17.7 Å². The molecule has 0 saturated carbocycles. The van der Waals surface area contributed by atoms with E-state index in [-0.39, 0.29) is 17.6 Å². The number of aryl methyl sites for hydroxylation is 1. The van der Waals surface area contributed by atoms with Crippen molar-refractivity contribution < 1.29 is 14.3 Å². The Bertz CT molecular complexity index is 670. The van der Waals surface area contributed by atoms with Crippen molar-refractivity contribution in [1.29, 1.82) is 0 Å². The Kier molecular flexibility index (Phi) is 3.48. The molecule has 2 aromatic carbocycles. The summed E-state index contributed by atoms with van der Waals surface area (Å²) < 4.78 is 12.9. The molecule has 21 heavy (non-hydrogen) atoms. The predicted octanol–water partition coefficient (Wildman–Crippen LogP) is 3.52. The van der Waals surface area contributed by atoms with Gasteiger partial charge in [-0.1, -0.05) is 12.1 Å². The lowest BCUT2D eigenvalue weighted by Crippen LogP contribution is -2.38. The molecule has 0 spiro atoms. The van der Waals surface area contributed by atoms with Gasteiger partial charge in [0, 0.05) is 12.2 Å². The number of phenols is 1. The Balaban J connectivity index is 1.85. The molecule has 0 saturated heterocycles. The third kappa shape index (κ3) is 2.67. The molecule has 1 aliphatic rings. The van der Waals surface area contributed by atoms with E-state index in [9.17, 15) is 14.3 Å². The Labute approximate surface area is 121 Å². The SMILES string of the molecule is O=C(Nc1ccc(F)cc1)N1CCCc2cccc(O)c21. The van der Waals surface area contributed by atoms with Gasteiger partial charge in [-0.05, 0) is 48.7 Å². The molecule has 2 N–H and O–H groups in total. The molecule has 0 radical (unpaired) electrons. The summed E-state index contributed by atoms with van der Waals surface area (Å²) in [5.41, 5.74) is 2.03. The van der Waals surface area contributed by atoms with Crippen LogP contribution in [0, 0.1) is 5.82 Å². The van der Waals surface area contributed by atoms with Gasteiger partial charge in [-0.15, -0.1) is 0 Å². The lowest BCUT2D eigenvalue weighted by Gasteiger charge is -2.30. The molecular formula is C16H15FN2O2. The summed E-state index contributed by atoms with van der Waals surface area (Å²) in [7, 11) is 0. The number of para-hydroxylation sites is 1. The molecule has 0 bridgehead atoms. The highest BCUT2D eigenvalue weighted by molar-refractivity contribution is 6.03. The van der Waals surface area contributed by atoms with Crippen LogP contribution in [0.15, 0.2) is 42.5 Å². The van der Waals surface area contributed by atoms with Crippen molar-refractivity contribution in [1.82, 2.24) is 0 Å². The Hall–Kier alpha value is -2.56. The van der Waals surface area contributed by atoms with Gasteiger partial charge in [-0.3, -0.25) is 4.90 Å². The first-order valence-corrected chi connectivity index (χ1v) is 6.80. The van der Waals surface area contributed by atoms with E-state index in [2.05, 4.69) is 5.32 Å². The number of nitrogens with one attached hydrogen (secondary N) is 1. The van der Waals surface area contributed by atoms with Gasteiger partial charge >= 0.3 is 6.03 Å². The summed E-state index contributed by atoms with van der Waals surface area (Å²) >= 11 is 0. The topological polar surface area (TPSA) is 52.6 Å². The maximum absolute atomic E-state index is 12.9. The number of phenolic OH excluding ortho intramolecular Hbond substituents is 1. The van der Waals surface area contributed by atoms with E-state index >= 15 is 0 Å². The first-order chi connectivity index (χ1) is 10.1. The third-order valence-corrected chi connectivity index (χ3v) is 3.54. The van der Waals surface area contributed by atoms with Crippen molar-refractivity contribution in [2.45, 2.75) is 12.8 Å². The summed E-state index contributed by atoms with van der Waals surface area (Å²) in [5.74, 6) is -0.254. The quantitative estimate of drug-likeness (QED) is 0.842. The maximum Gasteiger partial charge on any atom is 0.326 e. The van der Waals surface area contributed by atoms with Crippen molar-refractivity contribution in [3.05, 3.63) is 53.8 Å². The minimum absolute atomic E-state index is 0.0986. The van der Waals surface area contributed by atoms with Crippen LogP contribution in [0.2, 0.25) is 0 Å². The largest absolute Gasteiger partial charge is 0.506 e. The zero-order valence-corrected chi connectivity index (χ0v) is 11.3. The Morgan fingerprint density at radius 3 is 2.71 bits per heavy atom. The number of fused-ring (bicyclic) bond motifs is 1. The molecule has 3 rings (SSSR count). The molecule has 0 atom stereocenters. The van der Waals surface area contributed by atoms with E-state index < -0.39 is 0 Å². The molecule has 0 unspecified atom stereocenters. The summed E-state index contributed by atoms with van der Waals surface area (Å²) in [6.45, 7) is 0.539. The van der Waals surface area contributed by atoms with Crippen LogP contribution in [0.3, 0.4) is 0 Å². The molecule has 1 aliphatic heterocycles. The van der Waals surface area contributed by atoms with Crippen molar-refractivity contribution in [2.24, 2.45) is 0 Å². The average molecular weight is 286 g/mol. The number of hydrogen-bond acceptors (Lipinski definition) is 2. The van der Waals surface area contributed by atoms with Gasteiger partial charge in [-0.25, -0.2) is 9.18 Å². The number of nitrogens with zero attached hydrogens (tertiary/aromatic N) is 1. The molecule has 2 aromatic rings. The molecule has 1 heterocycles. The molecule has 0 fully saturated rings. The van der Waals surface area contributed by atoms with Crippen LogP contribution in [0.1, 0.15) is 12.0 Å². The number of hydrogen-bond donors (Lipinski definition) is 2. The first-order valence-electron chi connectivity index (χ1n) is 6.80. The van der Waals surface area contributed by atoms with Crippen molar-refractivity contribution >= 4 is 17.4 Å². The van der Waals surface area contributed by atoms with Crippen LogP contribution in [0.25, 0.3) is 0 Å². The number of halogens is 1. The molecular weight excluding hydrogens is 271 g/mol. The van der Waals surface area contributed by atoms with Crippen molar-refractivity contribution in [2.75, 3.05) is 16.8 Å². The second-order valence-electron chi connectivity index (χ2n) is 4.98. The highest BCUT2D eigenvalue weighted by Crippen LogP contribution is 2.35. The van der Waals surface area contributed by atoms with Gasteiger partial charge in [0.25, 0.3) is 0 Å². The van der Waals surface area contributed by atoms with Gasteiger partial charge in [0.2, 0.25) is 0 Å². The minimum Gasteiger partial charge on any atom is -0.506 e. The Morgan fingerprint density at radius 1 is 1.19 bits per heavy atom. The normalized spacial score (nSPS) is 13.7. The lowest BCUT2D eigenvalue weighted by molar-refractivity contribution is 0.256. The number of benzene rings is 2. The van der Waals surface area contributed by atoms with E-state index in [0.717, 1.165) is 18.4 Å². The predicted molar refractivity (Wildman–Crippen MR) is 79.2 cm³/mol. The fraction of sp³-hybridized carbons (Fsp3) is 0.188. The number of carbonyl (C=O) groups excluding carboxylic acids is 1. The summed E-state index contributed by atoms with van der Waals surface area (Å²) in [5, 5.41) is 12.7. The maximum atomic E-state index is 12.9. The number of amides is 2. The van der Waals surface area contributed by atoms with Crippen LogP contribution < -0.4 is 10.2 Å². The highest BCUT2D eigenvalue weighted by Gasteiger charge is 2.25. The van der Waals surface area contributed by atoms with Gasteiger partial charge in [-0.2, -0.15) is 0 Å². The molecule has 108 valence electrons. The monoisotopic (exact) mass is 286 g/mol. The molecule has 0 aromatic heterocycles. The number of urea groups is 1. The first kappa shape index (κ1) is 13.4. The van der Waals surface area contributed by atoms with E-state index in [4.69, 9.17) is 0 Å². The van der Waals surface area contributed by atoms with Crippen molar-refractivity contribution in [3.63, 3.8) is 0 Å². The van der Waals surface area contributed by atoms with Crippen LogP contribution >= 0.6 is 0 Å². The number of aromatic hydroxyl groups is 1. The van der Waals surface area contributed by atoms with Gasteiger partial charge in [0.05, 0.1) is 5.69 Å². The average Bonchev–Trinajstić information content (AvgIpc) is 2.49. The number of anilines is 2. The zero-order chi connectivity index (χ0) is 14.8. The van der Waals surface area contributed by atoms with E-state index in [1.807, 2.05) is 6.07 Å². The zero-order valence-electron chi connectivity index (χ0n) is 11.3.